The number of halogens is 1. The molecule has 0 bridgehead atoms. The van der Waals surface area contributed by atoms with Crippen molar-refractivity contribution >= 4 is 11.7 Å². The summed E-state index contributed by atoms with van der Waals surface area (Å²) in [5, 5.41) is 12.1. The molecule has 0 atom stereocenters. The number of carboxylic acids is 1. The topological polar surface area (TPSA) is 89.4 Å². The van der Waals surface area contributed by atoms with E-state index in [1.807, 2.05) is 0 Å². The van der Waals surface area contributed by atoms with Gasteiger partial charge in [0.25, 0.3) is 0 Å². The number of rotatable bonds is 2. The lowest BCUT2D eigenvalue weighted by atomic mass is 10.1. The SMILES string of the molecule is Nc1ccc(-c2cc(C(=O)O)on2)c(F)c1. The highest BCUT2D eigenvalue weighted by Gasteiger charge is 2.14. The highest BCUT2D eigenvalue weighted by atomic mass is 19.1. The van der Waals surface area contributed by atoms with E-state index in [4.69, 9.17) is 10.8 Å². The van der Waals surface area contributed by atoms with Crippen LogP contribution in [0.1, 0.15) is 10.6 Å². The van der Waals surface area contributed by atoms with Crippen LogP contribution in [0.25, 0.3) is 11.3 Å². The molecule has 1 aromatic carbocycles. The van der Waals surface area contributed by atoms with E-state index in [-0.39, 0.29) is 22.7 Å². The summed E-state index contributed by atoms with van der Waals surface area (Å²) in [5.74, 6) is -2.17. The first-order chi connectivity index (χ1) is 7.58. The van der Waals surface area contributed by atoms with Gasteiger partial charge >= 0.3 is 5.97 Å². The lowest BCUT2D eigenvalue weighted by molar-refractivity contribution is 0.0652. The second-order valence-corrected chi connectivity index (χ2v) is 3.12. The molecule has 82 valence electrons. The first-order valence-electron chi connectivity index (χ1n) is 4.33. The molecule has 0 fully saturated rings. The van der Waals surface area contributed by atoms with E-state index in [0.717, 1.165) is 12.1 Å². The molecule has 6 heteroatoms. The molecule has 0 amide bonds. The first-order valence-corrected chi connectivity index (χ1v) is 4.33. The van der Waals surface area contributed by atoms with Gasteiger partial charge in [-0.05, 0) is 18.2 Å². The predicted molar refractivity (Wildman–Crippen MR) is 53.3 cm³/mol. The van der Waals surface area contributed by atoms with E-state index in [0.29, 0.717) is 0 Å². The van der Waals surface area contributed by atoms with Crippen molar-refractivity contribution in [3.05, 3.63) is 35.8 Å². The summed E-state index contributed by atoms with van der Waals surface area (Å²) in [6.07, 6.45) is 0. The third-order valence-electron chi connectivity index (χ3n) is 1.99. The Morgan fingerprint density at radius 2 is 2.19 bits per heavy atom. The first kappa shape index (κ1) is 10.2. The second-order valence-electron chi connectivity index (χ2n) is 3.12. The number of carbonyl (C=O) groups is 1. The van der Waals surface area contributed by atoms with Gasteiger partial charge in [0, 0.05) is 17.3 Å². The molecule has 0 aliphatic heterocycles. The van der Waals surface area contributed by atoms with E-state index in [9.17, 15) is 9.18 Å². The number of nitrogens with two attached hydrogens (primary N) is 1. The number of aromatic nitrogens is 1. The number of anilines is 1. The fourth-order valence-corrected chi connectivity index (χ4v) is 1.24. The Labute approximate surface area is 89.3 Å². The van der Waals surface area contributed by atoms with E-state index in [1.165, 1.54) is 12.1 Å². The molecule has 0 aliphatic rings. The smallest absolute Gasteiger partial charge is 0.374 e. The van der Waals surface area contributed by atoms with Gasteiger partial charge in [-0.3, -0.25) is 0 Å². The van der Waals surface area contributed by atoms with E-state index in [1.54, 1.807) is 0 Å². The van der Waals surface area contributed by atoms with E-state index in [2.05, 4.69) is 9.68 Å². The van der Waals surface area contributed by atoms with Crippen LogP contribution in [0.2, 0.25) is 0 Å². The van der Waals surface area contributed by atoms with Crippen molar-refractivity contribution in [1.82, 2.24) is 5.16 Å². The van der Waals surface area contributed by atoms with Crippen molar-refractivity contribution in [1.29, 1.82) is 0 Å². The van der Waals surface area contributed by atoms with Gasteiger partial charge in [-0.25, -0.2) is 9.18 Å². The molecule has 0 saturated carbocycles. The average Bonchev–Trinajstić information content (AvgIpc) is 2.66. The zero-order chi connectivity index (χ0) is 11.7. The Hall–Kier alpha value is -2.37. The van der Waals surface area contributed by atoms with Crippen LogP contribution in [0.4, 0.5) is 10.1 Å². The fourth-order valence-electron chi connectivity index (χ4n) is 1.24. The number of nitrogen functional groups attached to an aromatic ring is 1. The van der Waals surface area contributed by atoms with Gasteiger partial charge < -0.3 is 15.4 Å². The molecule has 0 spiro atoms. The van der Waals surface area contributed by atoms with E-state index < -0.39 is 11.8 Å². The molecule has 2 aromatic rings. The summed E-state index contributed by atoms with van der Waals surface area (Å²) in [4.78, 5) is 10.5. The maximum atomic E-state index is 13.4. The van der Waals surface area contributed by atoms with Crippen LogP contribution in [-0.2, 0) is 0 Å². The number of hydrogen-bond acceptors (Lipinski definition) is 4. The van der Waals surface area contributed by atoms with Crippen LogP contribution < -0.4 is 5.73 Å². The fraction of sp³-hybridized carbons (Fsp3) is 0. The average molecular weight is 222 g/mol. The second kappa shape index (κ2) is 3.65. The molecule has 0 aliphatic carbocycles. The number of hydrogen-bond donors (Lipinski definition) is 2. The highest BCUT2D eigenvalue weighted by Crippen LogP contribution is 2.24. The third kappa shape index (κ3) is 1.72. The van der Waals surface area contributed by atoms with E-state index >= 15 is 0 Å². The van der Waals surface area contributed by atoms with Gasteiger partial charge in [0.1, 0.15) is 11.5 Å². The van der Waals surface area contributed by atoms with Crippen molar-refractivity contribution in [3.63, 3.8) is 0 Å². The predicted octanol–water partition coefficient (Wildman–Crippen LogP) is 1.76. The van der Waals surface area contributed by atoms with Crippen molar-refractivity contribution in [2.75, 3.05) is 5.73 Å². The van der Waals surface area contributed by atoms with Gasteiger partial charge in [0.2, 0.25) is 5.76 Å². The summed E-state index contributed by atoms with van der Waals surface area (Å²) >= 11 is 0. The lowest BCUT2D eigenvalue weighted by Crippen LogP contribution is -1.92. The number of carboxylic acid groups (broad SMARTS) is 1. The molecular formula is C10H7FN2O3. The van der Waals surface area contributed by atoms with Crippen LogP contribution in [0.5, 0.6) is 0 Å². The Kier molecular flexibility index (Phi) is 2.32. The molecule has 0 saturated heterocycles. The summed E-state index contributed by atoms with van der Waals surface area (Å²) < 4.78 is 18.0. The van der Waals surface area contributed by atoms with Gasteiger partial charge in [-0.1, -0.05) is 5.16 Å². The third-order valence-corrected chi connectivity index (χ3v) is 1.99. The Balaban J connectivity index is 2.46. The van der Waals surface area contributed by atoms with Crippen molar-refractivity contribution in [3.8, 4) is 11.3 Å². The Morgan fingerprint density at radius 1 is 1.44 bits per heavy atom. The summed E-state index contributed by atoms with van der Waals surface area (Å²) in [6.45, 7) is 0. The van der Waals surface area contributed by atoms with Gasteiger partial charge in [0.05, 0.1) is 0 Å². The number of nitrogens with zero attached hydrogens (tertiary/aromatic N) is 1. The van der Waals surface area contributed by atoms with Crippen LogP contribution in [0.15, 0.2) is 28.8 Å². The normalized spacial score (nSPS) is 10.3. The van der Waals surface area contributed by atoms with Gasteiger partial charge in [-0.15, -0.1) is 0 Å². The van der Waals surface area contributed by atoms with Crippen LogP contribution >= 0.6 is 0 Å². The molecule has 0 radical (unpaired) electrons. The summed E-state index contributed by atoms with van der Waals surface area (Å²) in [5.41, 5.74) is 5.93. The molecule has 1 heterocycles. The molecule has 2 rings (SSSR count). The van der Waals surface area contributed by atoms with Crippen LogP contribution in [0, 0.1) is 5.82 Å². The van der Waals surface area contributed by atoms with Gasteiger partial charge in [0.15, 0.2) is 0 Å². The quantitative estimate of drug-likeness (QED) is 0.755. The maximum Gasteiger partial charge on any atom is 0.374 e. The monoisotopic (exact) mass is 222 g/mol. The largest absolute Gasteiger partial charge is 0.475 e. The minimum atomic E-state index is -1.25. The molecule has 16 heavy (non-hydrogen) atoms. The Morgan fingerprint density at radius 3 is 2.75 bits per heavy atom. The van der Waals surface area contributed by atoms with Gasteiger partial charge in [-0.2, -0.15) is 0 Å². The molecule has 3 N–H and O–H groups in total. The number of benzene rings is 1. The summed E-state index contributed by atoms with van der Waals surface area (Å²) in [6, 6.07) is 5.18. The number of aromatic carboxylic acids is 1. The van der Waals surface area contributed by atoms with Crippen LogP contribution in [-0.4, -0.2) is 16.2 Å². The molecule has 5 nitrogen and oxygen atoms in total. The lowest BCUT2D eigenvalue weighted by Gasteiger charge is -1.98. The molecular weight excluding hydrogens is 215 g/mol. The van der Waals surface area contributed by atoms with Crippen molar-refractivity contribution < 1.29 is 18.8 Å². The minimum absolute atomic E-state index is 0.120. The highest BCUT2D eigenvalue weighted by molar-refractivity contribution is 5.85. The zero-order valence-electron chi connectivity index (χ0n) is 7.98. The summed E-state index contributed by atoms with van der Waals surface area (Å²) in [7, 11) is 0. The molecule has 1 aromatic heterocycles. The Bertz CT molecular complexity index is 551. The van der Waals surface area contributed by atoms with Crippen molar-refractivity contribution in [2.24, 2.45) is 0 Å². The standard InChI is InChI=1S/C10H7FN2O3/c11-7-3-5(12)1-2-6(7)8-4-9(10(14)15)16-13-8/h1-4H,12H2,(H,14,15). The minimum Gasteiger partial charge on any atom is -0.475 e. The zero-order valence-corrected chi connectivity index (χ0v) is 7.98. The van der Waals surface area contributed by atoms with Crippen LogP contribution in [0.3, 0.4) is 0 Å². The maximum absolute atomic E-state index is 13.4. The van der Waals surface area contributed by atoms with Crippen molar-refractivity contribution in [2.45, 2.75) is 0 Å². The molecule has 0 unspecified atom stereocenters.